The van der Waals surface area contributed by atoms with Gasteiger partial charge in [0, 0.05) is 31.2 Å². The van der Waals surface area contributed by atoms with Crippen LogP contribution in [0.25, 0.3) is 0 Å². The van der Waals surface area contributed by atoms with Gasteiger partial charge in [0.1, 0.15) is 0 Å². The summed E-state index contributed by atoms with van der Waals surface area (Å²) in [6.07, 6.45) is 5.99. The van der Waals surface area contributed by atoms with Crippen LogP contribution in [0.3, 0.4) is 0 Å². The van der Waals surface area contributed by atoms with E-state index in [1.54, 1.807) is 0 Å². The third kappa shape index (κ3) is 4.86. The van der Waals surface area contributed by atoms with E-state index in [0.717, 1.165) is 57.5 Å². The lowest BCUT2D eigenvalue weighted by atomic mass is 10.1. The Morgan fingerprint density at radius 2 is 1.73 bits per heavy atom. The molecule has 1 atom stereocenters. The van der Waals surface area contributed by atoms with Gasteiger partial charge >= 0.3 is 0 Å². The number of likely N-dealkylation sites (tertiary alicyclic amines) is 2. The fourth-order valence-corrected chi connectivity index (χ4v) is 4.36. The van der Waals surface area contributed by atoms with E-state index in [4.69, 9.17) is 0 Å². The zero-order chi connectivity index (χ0) is 18.4. The molecule has 2 aliphatic rings. The molecule has 1 aromatic rings. The Labute approximate surface area is 159 Å². The first-order valence-electron chi connectivity index (χ1n) is 10.6. The van der Waals surface area contributed by atoms with Crippen LogP contribution >= 0.6 is 0 Å². The number of carbonyl (C=O) groups is 1. The Hall–Kier alpha value is -1.39. The standard InChI is InChI=1S/C22H35N3O/c1-3-23(4-2)17-13-19-9-11-20(12-10-19)22(26)25-16-7-8-21(25)18-24-14-5-6-15-24/h9-12,21H,3-8,13-18H2,1-2H3. The van der Waals surface area contributed by atoms with Crippen molar-refractivity contribution < 1.29 is 4.79 Å². The molecule has 4 heteroatoms. The lowest BCUT2D eigenvalue weighted by molar-refractivity contribution is 0.0709. The van der Waals surface area contributed by atoms with Crippen molar-refractivity contribution in [3.63, 3.8) is 0 Å². The summed E-state index contributed by atoms with van der Waals surface area (Å²) in [7, 11) is 0. The van der Waals surface area contributed by atoms with Gasteiger partial charge in [-0.1, -0.05) is 26.0 Å². The molecular weight excluding hydrogens is 322 g/mol. The number of hydrogen-bond donors (Lipinski definition) is 0. The Balaban J connectivity index is 1.56. The van der Waals surface area contributed by atoms with E-state index >= 15 is 0 Å². The molecule has 1 unspecified atom stereocenters. The lowest BCUT2D eigenvalue weighted by Gasteiger charge is -2.28. The van der Waals surface area contributed by atoms with Crippen LogP contribution in [-0.4, -0.2) is 72.5 Å². The molecule has 0 bridgehead atoms. The second kappa shape index (κ2) is 9.52. The quantitative estimate of drug-likeness (QED) is 0.714. The highest BCUT2D eigenvalue weighted by atomic mass is 16.2. The number of rotatable bonds is 8. The first-order chi connectivity index (χ1) is 12.7. The number of carbonyl (C=O) groups excluding carboxylic acids is 1. The number of amides is 1. The average molecular weight is 358 g/mol. The first-order valence-corrected chi connectivity index (χ1v) is 10.6. The van der Waals surface area contributed by atoms with Crippen LogP contribution in [0.1, 0.15) is 55.5 Å². The predicted molar refractivity (Wildman–Crippen MR) is 108 cm³/mol. The summed E-state index contributed by atoms with van der Waals surface area (Å²) in [4.78, 5) is 20.1. The van der Waals surface area contributed by atoms with Gasteiger partial charge < -0.3 is 14.7 Å². The van der Waals surface area contributed by atoms with Crippen LogP contribution in [-0.2, 0) is 6.42 Å². The van der Waals surface area contributed by atoms with Crippen molar-refractivity contribution in [2.75, 3.05) is 45.8 Å². The molecule has 0 saturated carbocycles. The summed E-state index contributed by atoms with van der Waals surface area (Å²) in [5.74, 6) is 0.224. The van der Waals surface area contributed by atoms with Crippen molar-refractivity contribution in [3.05, 3.63) is 35.4 Å². The van der Waals surface area contributed by atoms with Crippen molar-refractivity contribution >= 4 is 5.91 Å². The van der Waals surface area contributed by atoms with Crippen LogP contribution in [0.15, 0.2) is 24.3 Å². The zero-order valence-electron chi connectivity index (χ0n) is 16.6. The third-order valence-corrected chi connectivity index (χ3v) is 6.12. The van der Waals surface area contributed by atoms with Gasteiger partial charge in [-0.15, -0.1) is 0 Å². The van der Waals surface area contributed by atoms with E-state index in [0.29, 0.717) is 6.04 Å². The molecular formula is C22H35N3O. The molecule has 2 aliphatic heterocycles. The number of benzene rings is 1. The number of nitrogens with zero attached hydrogens (tertiary/aromatic N) is 3. The minimum atomic E-state index is 0.224. The van der Waals surface area contributed by atoms with Crippen molar-refractivity contribution in [1.82, 2.24) is 14.7 Å². The molecule has 0 aliphatic carbocycles. The molecule has 1 aromatic carbocycles. The smallest absolute Gasteiger partial charge is 0.254 e. The van der Waals surface area contributed by atoms with Gasteiger partial charge in [0.2, 0.25) is 0 Å². The molecule has 0 aromatic heterocycles. The number of likely N-dealkylation sites (N-methyl/N-ethyl adjacent to an activating group) is 1. The average Bonchev–Trinajstić information content (AvgIpc) is 3.35. The van der Waals surface area contributed by atoms with E-state index in [-0.39, 0.29) is 5.91 Å². The highest BCUT2D eigenvalue weighted by molar-refractivity contribution is 5.94. The third-order valence-electron chi connectivity index (χ3n) is 6.12. The molecule has 2 saturated heterocycles. The molecule has 2 fully saturated rings. The van der Waals surface area contributed by atoms with Crippen LogP contribution in [0, 0.1) is 0 Å². The summed E-state index contributed by atoms with van der Waals surface area (Å²) in [5.41, 5.74) is 2.17. The van der Waals surface area contributed by atoms with Crippen LogP contribution in [0.4, 0.5) is 0 Å². The molecule has 0 N–H and O–H groups in total. The summed E-state index contributed by atoms with van der Waals surface area (Å²) in [6, 6.07) is 8.75. The zero-order valence-corrected chi connectivity index (χ0v) is 16.6. The first kappa shape index (κ1) is 19.4. The van der Waals surface area contributed by atoms with Crippen molar-refractivity contribution in [2.45, 2.75) is 52.0 Å². The molecule has 0 spiro atoms. The van der Waals surface area contributed by atoms with Gasteiger partial charge in [0.15, 0.2) is 0 Å². The molecule has 2 heterocycles. The lowest BCUT2D eigenvalue weighted by Crippen LogP contribution is -2.42. The van der Waals surface area contributed by atoms with E-state index in [1.807, 2.05) is 12.1 Å². The Bertz CT molecular complexity index is 561. The van der Waals surface area contributed by atoms with Gasteiger partial charge in [-0.25, -0.2) is 0 Å². The van der Waals surface area contributed by atoms with Gasteiger partial charge in [-0.3, -0.25) is 4.79 Å². The molecule has 1 amide bonds. The van der Waals surface area contributed by atoms with E-state index in [1.165, 1.54) is 31.5 Å². The second-order valence-corrected chi connectivity index (χ2v) is 7.78. The van der Waals surface area contributed by atoms with Crippen LogP contribution in [0.2, 0.25) is 0 Å². The van der Waals surface area contributed by atoms with Gasteiger partial charge in [-0.2, -0.15) is 0 Å². The van der Waals surface area contributed by atoms with Crippen LogP contribution < -0.4 is 0 Å². The fraction of sp³-hybridized carbons (Fsp3) is 0.682. The normalized spacial score (nSPS) is 21.0. The molecule has 4 nitrogen and oxygen atoms in total. The molecule has 26 heavy (non-hydrogen) atoms. The fourth-order valence-electron chi connectivity index (χ4n) is 4.36. The second-order valence-electron chi connectivity index (χ2n) is 7.78. The van der Waals surface area contributed by atoms with Crippen molar-refractivity contribution in [2.24, 2.45) is 0 Å². The Morgan fingerprint density at radius 1 is 1.04 bits per heavy atom. The number of hydrogen-bond acceptors (Lipinski definition) is 3. The SMILES string of the molecule is CCN(CC)CCc1ccc(C(=O)N2CCCC2CN2CCCC2)cc1. The maximum Gasteiger partial charge on any atom is 0.254 e. The maximum atomic E-state index is 13.0. The molecule has 3 rings (SSSR count). The maximum absolute atomic E-state index is 13.0. The largest absolute Gasteiger partial charge is 0.334 e. The van der Waals surface area contributed by atoms with Crippen LogP contribution in [0.5, 0.6) is 0 Å². The van der Waals surface area contributed by atoms with E-state index in [2.05, 4.69) is 40.7 Å². The monoisotopic (exact) mass is 357 g/mol. The van der Waals surface area contributed by atoms with E-state index < -0.39 is 0 Å². The summed E-state index contributed by atoms with van der Waals surface area (Å²) >= 11 is 0. The summed E-state index contributed by atoms with van der Waals surface area (Å²) < 4.78 is 0. The summed E-state index contributed by atoms with van der Waals surface area (Å²) in [6.45, 7) is 12.1. The van der Waals surface area contributed by atoms with Crippen molar-refractivity contribution in [3.8, 4) is 0 Å². The summed E-state index contributed by atoms with van der Waals surface area (Å²) in [5, 5.41) is 0. The minimum Gasteiger partial charge on any atom is -0.334 e. The van der Waals surface area contributed by atoms with Gasteiger partial charge in [0.25, 0.3) is 5.91 Å². The van der Waals surface area contributed by atoms with Crippen molar-refractivity contribution in [1.29, 1.82) is 0 Å². The highest BCUT2D eigenvalue weighted by Gasteiger charge is 2.31. The van der Waals surface area contributed by atoms with Gasteiger partial charge in [0.05, 0.1) is 0 Å². The molecule has 0 radical (unpaired) electrons. The molecule has 144 valence electrons. The highest BCUT2D eigenvalue weighted by Crippen LogP contribution is 2.23. The van der Waals surface area contributed by atoms with E-state index in [9.17, 15) is 4.79 Å². The predicted octanol–water partition coefficient (Wildman–Crippen LogP) is 3.27. The van der Waals surface area contributed by atoms with Gasteiger partial charge in [-0.05, 0) is 76.0 Å². The topological polar surface area (TPSA) is 26.8 Å². The minimum absolute atomic E-state index is 0.224. The Morgan fingerprint density at radius 3 is 2.38 bits per heavy atom. The Kier molecular flexibility index (Phi) is 7.09.